The number of thioether (sulfide) groups is 1. The summed E-state index contributed by atoms with van der Waals surface area (Å²) in [6.07, 6.45) is 1.94. The Bertz CT molecular complexity index is 489. The highest BCUT2D eigenvalue weighted by molar-refractivity contribution is 8.00. The van der Waals surface area contributed by atoms with Crippen LogP contribution in [0, 0.1) is 0 Å². The van der Waals surface area contributed by atoms with E-state index in [1.807, 2.05) is 36.1 Å². The molecule has 1 N–H and O–H groups in total. The number of hydrogen-bond acceptors (Lipinski definition) is 3. The normalized spacial score (nSPS) is 17.9. The van der Waals surface area contributed by atoms with Gasteiger partial charge in [-0.3, -0.25) is 9.59 Å². The molecule has 1 amide bonds. The van der Waals surface area contributed by atoms with Crippen LogP contribution in [-0.2, 0) is 16.0 Å². The summed E-state index contributed by atoms with van der Waals surface area (Å²) in [5.41, 5.74) is 2.17. The van der Waals surface area contributed by atoms with Gasteiger partial charge in [0.05, 0.1) is 11.5 Å². The van der Waals surface area contributed by atoms with E-state index in [1.54, 1.807) is 0 Å². The topological polar surface area (TPSA) is 57.6 Å². The third kappa shape index (κ3) is 3.29. The average Bonchev–Trinajstić information content (AvgIpc) is 2.38. The molecule has 2 rings (SSSR count). The molecule has 1 aliphatic heterocycles. The number of carboxylic acids is 1. The van der Waals surface area contributed by atoms with Crippen molar-refractivity contribution in [1.29, 1.82) is 0 Å². The number of aryl methyl sites for hydroxylation is 1. The highest BCUT2D eigenvalue weighted by atomic mass is 32.2. The molecule has 0 fully saturated rings. The van der Waals surface area contributed by atoms with E-state index in [9.17, 15) is 9.59 Å². The van der Waals surface area contributed by atoms with Crippen LogP contribution < -0.4 is 4.90 Å². The molecule has 4 nitrogen and oxygen atoms in total. The van der Waals surface area contributed by atoms with Crippen LogP contribution in [0.1, 0.15) is 18.9 Å². The first-order valence-electron chi connectivity index (χ1n) is 6.29. The summed E-state index contributed by atoms with van der Waals surface area (Å²) in [4.78, 5) is 24.6. The summed E-state index contributed by atoms with van der Waals surface area (Å²) in [6, 6.07) is 8.10. The molecule has 1 unspecified atom stereocenters. The Labute approximate surface area is 116 Å². The van der Waals surface area contributed by atoms with Crippen LogP contribution in [0.15, 0.2) is 24.3 Å². The predicted octanol–water partition coefficient (Wildman–Crippen LogP) is 2.17. The Morgan fingerprint density at radius 2 is 2.11 bits per heavy atom. The largest absolute Gasteiger partial charge is 0.481 e. The monoisotopic (exact) mass is 279 g/mol. The number of para-hydroxylation sites is 1. The highest BCUT2D eigenvalue weighted by Gasteiger charge is 2.27. The Morgan fingerprint density at radius 1 is 1.37 bits per heavy atom. The number of nitrogens with zero attached hydrogens (tertiary/aromatic N) is 1. The molecule has 0 bridgehead atoms. The zero-order valence-corrected chi connectivity index (χ0v) is 11.7. The van der Waals surface area contributed by atoms with Gasteiger partial charge in [0.1, 0.15) is 0 Å². The fourth-order valence-corrected chi connectivity index (χ4v) is 2.95. The first kappa shape index (κ1) is 13.9. The SMILES string of the molecule is CC1CCc2ccccc2N1C(=O)CSCC(=O)O. The summed E-state index contributed by atoms with van der Waals surface area (Å²) in [6.45, 7) is 2.04. The van der Waals surface area contributed by atoms with Gasteiger partial charge in [-0.25, -0.2) is 0 Å². The number of carbonyl (C=O) groups is 2. The van der Waals surface area contributed by atoms with Crippen LogP contribution in [0.5, 0.6) is 0 Å². The molecule has 0 aromatic heterocycles. The molecule has 0 saturated heterocycles. The number of hydrogen-bond donors (Lipinski definition) is 1. The second kappa shape index (κ2) is 6.10. The van der Waals surface area contributed by atoms with Gasteiger partial charge in [0, 0.05) is 11.7 Å². The molecule has 19 heavy (non-hydrogen) atoms. The number of anilines is 1. The van der Waals surface area contributed by atoms with Crippen LogP contribution in [0.2, 0.25) is 0 Å². The number of carboxylic acid groups (broad SMARTS) is 1. The second-order valence-electron chi connectivity index (χ2n) is 4.67. The van der Waals surface area contributed by atoms with Gasteiger partial charge in [0.15, 0.2) is 0 Å². The standard InChI is InChI=1S/C14H17NO3S/c1-10-6-7-11-4-2-3-5-12(11)15(10)13(16)8-19-9-14(17)18/h2-5,10H,6-9H2,1H3,(H,17,18). The van der Waals surface area contributed by atoms with Gasteiger partial charge in [-0.05, 0) is 31.4 Å². The van der Waals surface area contributed by atoms with Gasteiger partial charge in [-0.2, -0.15) is 0 Å². The molecule has 1 aliphatic rings. The van der Waals surface area contributed by atoms with E-state index in [1.165, 1.54) is 5.56 Å². The molecule has 1 aromatic rings. The number of rotatable bonds is 4. The number of amides is 1. The van der Waals surface area contributed by atoms with E-state index < -0.39 is 5.97 Å². The van der Waals surface area contributed by atoms with Crippen molar-refractivity contribution in [3.05, 3.63) is 29.8 Å². The van der Waals surface area contributed by atoms with E-state index in [4.69, 9.17) is 5.11 Å². The van der Waals surface area contributed by atoms with Crippen molar-refractivity contribution in [2.45, 2.75) is 25.8 Å². The summed E-state index contributed by atoms with van der Waals surface area (Å²) < 4.78 is 0. The fourth-order valence-electron chi connectivity index (χ4n) is 2.36. The predicted molar refractivity (Wildman–Crippen MR) is 76.7 cm³/mol. The second-order valence-corrected chi connectivity index (χ2v) is 5.65. The maximum absolute atomic E-state index is 12.3. The minimum Gasteiger partial charge on any atom is -0.481 e. The van der Waals surface area contributed by atoms with E-state index >= 15 is 0 Å². The summed E-state index contributed by atoms with van der Waals surface area (Å²) in [5, 5.41) is 8.60. The van der Waals surface area contributed by atoms with Crippen LogP contribution in [0.4, 0.5) is 5.69 Å². The molecular weight excluding hydrogens is 262 g/mol. The van der Waals surface area contributed by atoms with Crippen LogP contribution in [0.25, 0.3) is 0 Å². The van der Waals surface area contributed by atoms with Crippen LogP contribution in [-0.4, -0.2) is 34.5 Å². The quantitative estimate of drug-likeness (QED) is 0.917. The van der Waals surface area contributed by atoms with Crippen LogP contribution >= 0.6 is 11.8 Å². The molecule has 1 heterocycles. The van der Waals surface area contributed by atoms with Gasteiger partial charge in [-0.15, -0.1) is 11.8 Å². The minimum atomic E-state index is -0.884. The van der Waals surface area contributed by atoms with Crippen molar-refractivity contribution < 1.29 is 14.7 Å². The highest BCUT2D eigenvalue weighted by Crippen LogP contribution is 2.30. The van der Waals surface area contributed by atoms with Gasteiger partial charge in [0.25, 0.3) is 0 Å². The van der Waals surface area contributed by atoms with Crippen molar-refractivity contribution in [1.82, 2.24) is 0 Å². The Kier molecular flexibility index (Phi) is 4.47. The van der Waals surface area contributed by atoms with E-state index in [0.717, 1.165) is 30.3 Å². The molecule has 0 spiro atoms. The Balaban J connectivity index is 2.10. The lowest BCUT2D eigenvalue weighted by molar-refractivity contribution is -0.133. The number of aliphatic carboxylic acids is 1. The number of carbonyl (C=O) groups excluding carboxylic acids is 1. The van der Waals surface area contributed by atoms with Gasteiger partial charge >= 0.3 is 5.97 Å². The van der Waals surface area contributed by atoms with Crippen LogP contribution in [0.3, 0.4) is 0 Å². The van der Waals surface area contributed by atoms with E-state index in [0.29, 0.717) is 0 Å². The minimum absolute atomic E-state index is 0.00843. The van der Waals surface area contributed by atoms with Crippen molar-refractivity contribution in [3.8, 4) is 0 Å². The smallest absolute Gasteiger partial charge is 0.313 e. The summed E-state index contributed by atoms with van der Waals surface area (Å²) >= 11 is 1.15. The number of benzene rings is 1. The Hall–Kier alpha value is -1.49. The molecule has 5 heteroatoms. The first-order valence-corrected chi connectivity index (χ1v) is 7.44. The summed E-state index contributed by atoms with van der Waals surface area (Å²) in [7, 11) is 0. The molecule has 0 radical (unpaired) electrons. The van der Waals surface area contributed by atoms with Gasteiger partial charge in [0.2, 0.25) is 5.91 Å². The van der Waals surface area contributed by atoms with Crippen molar-refractivity contribution in [3.63, 3.8) is 0 Å². The molecule has 0 saturated carbocycles. The average molecular weight is 279 g/mol. The summed E-state index contributed by atoms with van der Waals surface area (Å²) in [5.74, 6) is -0.712. The molecule has 1 atom stereocenters. The van der Waals surface area contributed by atoms with Gasteiger partial charge < -0.3 is 10.0 Å². The molecular formula is C14H17NO3S. The van der Waals surface area contributed by atoms with E-state index in [2.05, 4.69) is 0 Å². The Morgan fingerprint density at radius 3 is 2.84 bits per heavy atom. The van der Waals surface area contributed by atoms with Crippen molar-refractivity contribution in [2.24, 2.45) is 0 Å². The third-order valence-electron chi connectivity index (χ3n) is 3.24. The van der Waals surface area contributed by atoms with Crippen molar-refractivity contribution in [2.75, 3.05) is 16.4 Å². The lowest BCUT2D eigenvalue weighted by atomic mass is 9.97. The lowest BCUT2D eigenvalue weighted by Crippen LogP contribution is -2.43. The maximum Gasteiger partial charge on any atom is 0.313 e. The molecule has 0 aliphatic carbocycles. The first-order chi connectivity index (χ1) is 9.09. The van der Waals surface area contributed by atoms with E-state index in [-0.39, 0.29) is 23.5 Å². The number of fused-ring (bicyclic) bond motifs is 1. The zero-order chi connectivity index (χ0) is 13.8. The molecule has 1 aromatic carbocycles. The van der Waals surface area contributed by atoms with Crippen molar-refractivity contribution >= 4 is 29.3 Å². The lowest BCUT2D eigenvalue weighted by Gasteiger charge is -2.35. The fraction of sp³-hybridized carbons (Fsp3) is 0.429. The third-order valence-corrected chi connectivity index (χ3v) is 4.15. The zero-order valence-electron chi connectivity index (χ0n) is 10.8. The maximum atomic E-state index is 12.3. The van der Waals surface area contributed by atoms with Gasteiger partial charge in [-0.1, -0.05) is 18.2 Å². The molecule has 102 valence electrons.